The summed E-state index contributed by atoms with van der Waals surface area (Å²) < 4.78 is 10.3. The van der Waals surface area contributed by atoms with Gasteiger partial charge in [0.05, 0.1) is 31.6 Å². The molecule has 0 aromatic carbocycles. The summed E-state index contributed by atoms with van der Waals surface area (Å²) in [5, 5.41) is 0. The van der Waals surface area contributed by atoms with Crippen molar-refractivity contribution in [1.29, 1.82) is 0 Å². The first kappa shape index (κ1) is 18.6. The van der Waals surface area contributed by atoms with Crippen molar-refractivity contribution in [3.63, 3.8) is 0 Å². The number of rotatable bonds is 7. The zero-order valence-corrected chi connectivity index (χ0v) is 14.2. The standard InChI is InChI=1S/C16H27NO5/c1-11(2)15(20)22-9-8-21-7-6-17-13(18)10-12(14(17)19)16(3,4)5/h11-12H,6-10H2,1-5H3. The first-order valence-electron chi connectivity index (χ1n) is 7.73. The van der Waals surface area contributed by atoms with Crippen LogP contribution in [-0.4, -0.2) is 49.0 Å². The summed E-state index contributed by atoms with van der Waals surface area (Å²) in [4.78, 5) is 36.6. The van der Waals surface area contributed by atoms with E-state index in [4.69, 9.17) is 9.47 Å². The summed E-state index contributed by atoms with van der Waals surface area (Å²) >= 11 is 0. The Morgan fingerprint density at radius 3 is 2.36 bits per heavy atom. The molecular weight excluding hydrogens is 286 g/mol. The van der Waals surface area contributed by atoms with Crippen molar-refractivity contribution in [3.05, 3.63) is 0 Å². The monoisotopic (exact) mass is 313 g/mol. The number of amides is 2. The van der Waals surface area contributed by atoms with Crippen LogP contribution >= 0.6 is 0 Å². The zero-order valence-electron chi connectivity index (χ0n) is 14.2. The third kappa shape index (κ3) is 5.09. The minimum absolute atomic E-state index is 0.118. The lowest BCUT2D eigenvalue weighted by molar-refractivity contribution is -0.148. The smallest absolute Gasteiger partial charge is 0.308 e. The first-order chi connectivity index (χ1) is 10.1. The molecule has 1 atom stereocenters. The van der Waals surface area contributed by atoms with Gasteiger partial charge in [-0.3, -0.25) is 19.3 Å². The molecule has 0 aliphatic carbocycles. The van der Waals surface area contributed by atoms with Crippen molar-refractivity contribution in [2.45, 2.75) is 41.0 Å². The van der Waals surface area contributed by atoms with Crippen molar-refractivity contribution in [2.24, 2.45) is 17.3 Å². The highest BCUT2D eigenvalue weighted by atomic mass is 16.6. The fourth-order valence-corrected chi connectivity index (χ4v) is 2.22. The van der Waals surface area contributed by atoms with E-state index in [-0.39, 0.29) is 67.8 Å². The van der Waals surface area contributed by atoms with Crippen LogP contribution in [0.1, 0.15) is 41.0 Å². The lowest BCUT2D eigenvalue weighted by atomic mass is 9.80. The molecule has 1 saturated heterocycles. The maximum atomic E-state index is 12.2. The number of imide groups is 1. The molecule has 2 amide bonds. The number of likely N-dealkylation sites (tertiary alicyclic amines) is 1. The van der Waals surface area contributed by atoms with Crippen molar-refractivity contribution >= 4 is 17.8 Å². The van der Waals surface area contributed by atoms with E-state index in [0.29, 0.717) is 0 Å². The van der Waals surface area contributed by atoms with Crippen LogP contribution in [-0.2, 0) is 23.9 Å². The van der Waals surface area contributed by atoms with E-state index >= 15 is 0 Å². The Kier molecular flexibility index (Phi) is 6.53. The third-order valence-corrected chi connectivity index (χ3v) is 3.69. The normalized spacial score (nSPS) is 19.2. The van der Waals surface area contributed by atoms with Gasteiger partial charge in [0.15, 0.2) is 0 Å². The molecule has 1 unspecified atom stereocenters. The van der Waals surface area contributed by atoms with E-state index in [2.05, 4.69) is 0 Å². The molecule has 0 bridgehead atoms. The first-order valence-corrected chi connectivity index (χ1v) is 7.73. The van der Waals surface area contributed by atoms with Crippen molar-refractivity contribution < 1.29 is 23.9 Å². The van der Waals surface area contributed by atoms with Crippen molar-refractivity contribution in [2.75, 3.05) is 26.4 Å². The molecule has 0 radical (unpaired) electrons. The Bertz CT molecular complexity index is 425. The Labute approximate surface area is 132 Å². The molecule has 0 N–H and O–H groups in total. The fourth-order valence-electron chi connectivity index (χ4n) is 2.22. The van der Waals surface area contributed by atoms with Crippen molar-refractivity contribution in [1.82, 2.24) is 4.90 Å². The summed E-state index contributed by atoms with van der Waals surface area (Å²) in [6, 6.07) is 0. The molecule has 1 aliphatic heterocycles. The molecule has 126 valence electrons. The second-order valence-corrected chi connectivity index (χ2v) is 6.94. The highest BCUT2D eigenvalue weighted by Gasteiger charge is 2.44. The van der Waals surface area contributed by atoms with Gasteiger partial charge >= 0.3 is 5.97 Å². The third-order valence-electron chi connectivity index (χ3n) is 3.69. The average Bonchev–Trinajstić information content (AvgIpc) is 2.69. The maximum Gasteiger partial charge on any atom is 0.308 e. The number of esters is 1. The van der Waals surface area contributed by atoms with Crippen LogP contribution in [0, 0.1) is 17.3 Å². The van der Waals surface area contributed by atoms with Gasteiger partial charge in [0, 0.05) is 6.42 Å². The molecule has 1 heterocycles. The van der Waals surface area contributed by atoms with E-state index in [0.717, 1.165) is 0 Å². The van der Waals surface area contributed by atoms with Crippen LogP contribution in [0.2, 0.25) is 0 Å². The molecule has 0 spiro atoms. The topological polar surface area (TPSA) is 72.9 Å². The molecule has 6 nitrogen and oxygen atoms in total. The van der Waals surface area contributed by atoms with Crippen LogP contribution in [0.25, 0.3) is 0 Å². The Balaban J connectivity index is 2.27. The van der Waals surface area contributed by atoms with Gasteiger partial charge in [0.2, 0.25) is 11.8 Å². The lowest BCUT2D eigenvalue weighted by Gasteiger charge is -2.24. The predicted molar refractivity (Wildman–Crippen MR) is 80.9 cm³/mol. The van der Waals surface area contributed by atoms with E-state index < -0.39 is 0 Å². The second kappa shape index (κ2) is 7.72. The Hall–Kier alpha value is -1.43. The molecule has 22 heavy (non-hydrogen) atoms. The molecule has 0 aromatic heterocycles. The van der Waals surface area contributed by atoms with Gasteiger partial charge in [-0.25, -0.2) is 0 Å². The summed E-state index contributed by atoms with van der Waals surface area (Å²) in [5.41, 5.74) is -0.215. The largest absolute Gasteiger partial charge is 0.463 e. The van der Waals surface area contributed by atoms with Crippen LogP contribution in [0.3, 0.4) is 0 Å². The van der Waals surface area contributed by atoms with E-state index in [9.17, 15) is 14.4 Å². The molecule has 1 rings (SSSR count). The zero-order chi connectivity index (χ0) is 16.9. The van der Waals surface area contributed by atoms with Crippen LogP contribution in [0.5, 0.6) is 0 Å². The van der Waals surface area contributed by atoms with Gasteiger partial charge in [0.1, 0.15) is 6.61 Å². The molecule has 0 aromatic rings. The molecule has 6 heteroatoms. The van der Waals surface area contributed by atoms with Gasteiger partial charge in [-0.1, -0.05) is 34.6 Å². The number of hydrogen-bond donors (Lipinski definition) is 0. The van der Waals surface area contributed by atoms with Gasteiger partial charge in [-0.05, 0) is 5.41 Å². The number of hydrogen-bond acceptors (Lipinski definition) is 5. The Morgan fingerprint density at radius 2 is 1.86 bits per heavy atom. The van der Waals surface area contributed by atoms with E-state index in [1.54, 1.807) is 13.8 Å². The number of carbonyl (C=O) groups is 3. The molecular formula is C16H27NO5. The van der Waals surface area contributed by atoms with E-state index in [1.165, 1.54) is 4.90 Å². The van der Waals surface area contributed by atoms with Gasteiger partial charge in [-0.2, -0.15) is 0 Å². The minimum atomic E-state index is -0.262. The summed E-state index contributed by atoms with van der Waals surface area (Å²) in [5.74, 6) is -0.935. The van der Waals surface area contributed by atoms with Gasteiger partial charge in [-0.15, -0.1) is 0 Å². The minimum Gasteiger partial charge on any atom is -0.463 e. The highest BCUT2D eigenvalue weighted by molar-refractivity contribution is 6.03. The number of nitrogens with zero attached hydrogens (tertiary/aromatic N) is 1. The number of ether oxygens (including phenoxy) is 2. The average molecular weight is 313 g/mol. The molecule has 1 fully saturated rings. The lowest BCUT2D eigenvalue weighted by Crippen LogP contribution is -2.36. The summed E-state index contributed by atoms with van der Waals surface area (Å²) in [6.45, 7) is 10.4. The van der Waals surface area contributed by atoms with Crippen LogP contribution in [0.4, 0.5) is 0 Å². The van der Waals surface area contributed by atoms with Crippen LogP contribution < -0.4 is 0 Å². The fraction of sp³-hybridized carbons (Fsp3) is 0.812. The van der Waals surface area contributed by atoms with E-state index in [1.807, 2.05) is 20.8 Å². The molecule has 0 saturated carbocycles. The quantitative estimate of drug-likeness (QED) is 0.406. The maximum absolute atomic E-state index is 12.2. The van der Waals surface area contributed by atoms with Crippen molar-refractivity contribution in [3.8, 4) is 0 Å². The highest BCUT2D eigenvalue weighted by Crippen LogP contribution is 2.35. The second-order valence-electron chi connectivity index (χ2n) is 6.94. The molecule has 1 aliphatic rings. The Morgan fingerprint density at radius 1 is 1.23 bits per heavy atom. The summed E-state index contributed by atoms with van der Waals surface area (Å²) in [6.07, 6.45) is 0.272. The van der Waals surface area contributed by atoms with Gasteiger partial charge < -0.3 is 9.47 Å². The predicted octanol–water partition coefficient (Wildman–Crippen LogP) is 1.62. The number of carbonyl (C=O) groups excluding carboxylic acids is 3. The SMILES string of the molecule is CC(C)C(=O)OCCOCCN1C(=O)CC(C(C)(C)C)C1=O. The van der Waals surface area contributed by atoms with Gasteiger partial charge in [0.25, 0.3) is 0 Å². The van der Waals surface area contributed by atoms with Crippen LogP contribution in [0.15, 0.2) is 0 Å². The summed E-state index contributed by atoms with van der Waals surface area (Å²) in [7, 11) is 0.